The number of carbonyl (C=O) groups is 1. The summed E-state index contributed by atoms with van der Waals surface area (Å²) in [5.41, 5.74) is 4.25. The summed E-state index contributed by atoms with van der Waals surface area (Å²) in [5, 5.41) is 4.07. The second-order valence-electron chi connectivity index (χ2n) is 4.39. The van der Waals surface area contributed by atoms with Gasteiger partial charge in [0, 0.05) is 0 Å². The second-order valence-corrected chi connectivity index (χ2v) is 6.85. The lowest BCUT2D eigenvalue weighted by atomic mass is 10.2. The number of nitrogens with one attached hydrogen (secondary N) is 1. The summed E-state index contributed by atoms with van der Waals surface area (Å²) in [7, 11) is 0. The Balaban J connectivity index is 1.86. The van der Waals surface area contributed by atoms with Crippen LogP contribution in [-0.4, -0.2) is 18.2 Å². The number of halogens is 1. The van der Waals surface area contributed by atoms with Gasteiger partial charge >= 0.3 is 0 Å². The third kappa shape index (κ3) is 4.68. The van der Waals surface area contributed by atoms with E-state index in [1.54, 1.807) is 11.3 Å². The summed E-state index contributed by atoms with van der Waals surface area (Å²) in [4.78, 5) is 12.7. The summed E-state index contributed by atoms with van der Waals surface area (Å²) in [5.74, 6) is 0.420. The van der Waals surface area contributed by atoms with Crippen molar-refractivity contribution < 1.29 is 9.53 Å². The molecule has 0 bridgehead atoms. The molecule has 2 aromatic rings. The zero-order valence-corrected chi connectivity index (χ0v) is 14.1. The maximum Gasteiger partial charge on any atom is 0.277 e. The van der Waals surface area contributed by atoms with E-state index < -0.39 is 0 Å². The monoisotopic (exact) mass is 366 g/mol. The van der Waals surface area contributed by atoms with Gasteiger partial charge in [-0.25, -0.2) is 5.43 Å². The molecule has 1 heterocycles. The Morgan fingerprint density at radius 1 is 1.33 bits per heavy atom. The van der Waals surface area contributed by atoms with Gasteiger partial charge in [0.05, 0.1) is 14.4 Å². The molecule has 0 fully saturated rings. The number of thiophene rings is 1. The molecule has 0 spiro atoms. The maximum atomic E-state index is 11.7. The van der Waals surface area contributed by atoms with E-state index in [0.29, 0.717) is 5.75 Å². The number of amides is 1. The van der Waals surface area contributed by atoms with Crippen molar-refractivity contribution in [2.45, 2.75) is 13.8 Å². The molecule has 0 saturated carbocycles. The Morgan fingerprint density at radius 2 is 2.10 bits per heavy atom. The van der Waals surface area contributed by atoms with E-state index in [-0.39, 0.29) is 12.5 Å². The SMILES string of the molecule is C/C(=N/NC(=O)COc1ccccc1C)c1ccc(Br)s1. The van der Waals surface area contributed by atoms with Crippen molar-refractivity contribution >= 4 is 38.9 Å². The first kappa shape index (κ1) is 15.7. The first-order chi connectivity index (χ1) is 10.1. The van der Waals surface area contributed by atoms with Gasteiger partial charge in [0.15, 0.2) is 6.61 Å². The largest absolute Gasteiger partial charge is 0.483 e. The molecule has 1 amide bonds. The van der Waals surface area contributed by atoms with E-state index in [0.717, 1.165) is 19.9 Å². The molecule has 0 aliphatic heterocycles. The number of rotatable bonds is 5. The number of hydrogen-bond donors (Lipinski definition) is 1. The molecule has 0 atom stereocenters. The van der Waals surface area contributed by atoms with Crippen LogP contribution < -0.4 is 10.2 Å². The fraction of sp³-hybridized carbons (Fsp3) is 0.200. The molecule has 1 aromatic heterocycles. The van der Waals surface area contributed by atoms with Gasteiger partial charge in [-0.3, -0.25) is 4.79 Å². The molecule has 110 valence electrons. The highest BCUT2D eigenvalue weighted by Gasteiger charge is 2.05. The molecule has 6 heteroatoms. The van der Waals surface area contributed by atoms with Crippen LogP contribution in [0.1, 0.15) is 17.4 Å². The molecule has 2 rings (SSSR count). The minimum atomic E-state index is -0.284. The summed E-state index contributed by atoms with van der Waals surface area (Å²) in [6.45, 7) is 3.72. The van der Waals surface area contributed by atoms with E-state index in [2.05, 4.69) is 26.5 Å². The molecule has 1 N–H and O–H groups in total. The fourth-order valence-electron chi connectivity index (χ4n) is 1.60. The molecule has 0 saturated heterocycles. The number of benzene rings is 1. The van der Waals surface area contributed by atoms with E-state index >= 15 is 0 Å². The van der Waals surface area contributed by atoms with Gasteiger partial charge in [0.25, 0.3) is 5.91 Å². The van der Waals surface area contributed by atoms with E-state index in [1.165, 1.54) is 0 Å². The molecular formula is C15H15BrN2O2S. The average Bonchev–Trinajstić information content (AvgIpc) is 2.90. The highest BCUT2D eigenvalue weighted by Crippen LogP contribution is 2.22. The molecule has 0 aliphatic carbocycles. The lowest BCUT2D eigenvalue weighted by Crippen LogP contribution is -2.25. The molecule has 0 unspecified atom stereocenters. The van der Waals surface area contributed by atoms with Crippen molar-refractivity contribution in [3.8, 4) is 5.75 Å². The predicted molar refractivity (Wildman–Crippen MR) is 89.0 cm³/mol. The van der Waals surface area contributed by atoms with Crippen LogP contribution in [0.3, 0.4) is 0 Å². The Kier molecular flexibility index (Phi) is 5.52. The Morgan fingerprint density at radius 3 is 2.76 bits per heavy atom. The summed E-state index contributed by atoms with van der Waals surface area (Å²) in [6, 6.07) is 11.5. The number of para-hydroxylation sites is 1. The van der Waals surface area contributed by atoms with Crippen LogP contribution in [0.4, 0.5) is 0 Å². The van der Waals surface area contributed by atoms with Crippen LogP contribution in [0.15, 0.2) is 45.3 Å². The first-order valence-electron chi connectivity index (χ1n) is 6.33. The zero-order valence-electron chi connectivity index (χ0n) is 11.7. The van der Waals surface area contributed by atoms with Gasteiger partial charge in [0.1, 0.15) is 5.75 Å². The second kappa shape index (κ2) is 7.38. The maximum absolute atomic E-state index is 11.7. The van der Waals surface area contributed by atoms with Gasteiger partial charge in [0.2, 0.25) is 0 Å². The number of ether oxygens (including phenoxy) is 1. The third-order valence-corrected chi connectivity index (χ3v) is 4.46. The van der Waals surface area contributed by atoms with Crippen LogP contribution in [0.5, 0.6) is 5.75 Å². The van der Waals surface area contributed by atoms with Gasteiger partial charge in [-0.05, 0) is 53.5 Å². The Bertz CT molecular complexity index is 667. The standard InChI is InChI=1S/C15H15BrN2O2S/c1-10-5-3-4-6-12(10)20-9-15(19)18-17-11(2)13-7-8-14(16)21-13/h3-8H,9H2,1-2H3,(H,18,19)/b17-11-. The van der Waals surface area contributed by atoms with Crippen molar-refractivity contribution in [1.82, 2.24) is 5.43 Å². The number of hydrogen-bond acceptors (Lipinski definition) is 4. The van der Waals surface area contributed by atoms with Gasteiger partial charge in [-0.15, -0.1) is 11.3 Å². The van der Waals surface area contributed by atoms with E-state index in [1.807, 2.05) is 50.2 Å². The molecular weight excluding hydrogens is 352 g/mol. The van der Waals surface area contributed by atoms with Crippen molar-refractivity contribution in [1.29, 1.82) is 0 Å². The van der Waals surface area contributed by atoms with Gasteiger partial charge in [-0.1, -0.05) is 18.2 Å². The number of aryl methyl sites for hydroxylation is 1. The van der Waals surface area contributed by atoms with E-state index in [4.69, 9.17) is 4.74 Å². The molecule has 21 heavy (non-hydrogen) atoms. The first-order valence-corrected chi connectivity index (χ1v) is 7.94. The van der Waals surface area contributed by atoms with Gasteiger partial charge < -0.3 is 4.74 Å². The molecule has 4 nitrogen and oxygen atoms in total. The number of nitrogens with zero attached hydrogens (tertiary/aromatic N) is 1. The van der Waals surface area contributed by atoms with E-state index in [9.17, 15) is 4.79 Å². The number of carbonyl (C=O) groups excluding carboxylic acids is 1. The smallest absolute Gasteiger partial charge is 0.277 e. The summed E-state index contributed by atoms with van der Waals surface area (Å²) < 4.78 is 6.48. The summed E-state index contributed by atoms with van der Waals surface area (Å²) in [6.07, 6.45) is 0. The quantitative estimate of drug-likeness (QED) is 0.647. The molecule has 0 radical (unpaired) electrons. The minimum Gasteiger partial charge on any atom is -0.483 e. The van der Waals surface area contributed by atoms with Crippen LogP contribution in [0, 0.1) is 6.92 Å². The highest BCUT2D eigenvalue weighted by molar-refractivity contribution is 9.11. The number of hydrazone groups is 1. The normalized spacial score (nSPS) is 11.3. The Labute approximate surface area is 136 Å². The average molecular weight is 367 g/mol. The predicted octanol–water partition coefficient (Wildman–Crippen LogP) is 3.74. The van der Waals surface area contributed by atoms with Crippen molar-refractivity contribution in [3.63, 3.8) is 0 Å². The zero-order chi connectivity index (χ0) is 15.2. The van der Waals surface area contributed by atoms with Crippen LogP contribution in [0.2, 0.25) is 0 Å². The highest BCUT2D eigenvalue weighted by atomic mass is 79.9. The van der Waals surface area contributed by atoms with Crippen molar-refractivity contribution in [2.75, 3.05) is 6.61 Å². The molecule has 0 aliphatic rings. The fourth-order valence-corrected chi connectivity index (χ4v) is 2.93. The van der Waals surface area contributed by atoms with Crippen LogP contribution in [-0.2, 0) is 4.79 Å². The Hall–Kier alpha value is -1.66. The van der Waals surface area contributed by atoms with Crippen LogP contribution in [0.25, 0.3) is 0 Å². The van der Waals surface area contributed by atoms with Gasteiger partial charge in [-0.2, -0.15) is 5.10 Å². The van der Waals surface area contributed by atoms with Crippen molar-refractivity contribution in [2.24, 2.45) is 5.10 Å². The molecule has 1 aromatic carbocycles. The lowest BCUT2D eigenvalue weighted by Gasteiger charge is -2.07. The van der Waals surface area contributed by atoms with Crippen molar-refractivity contribution in [3.05, 3.63) is 50.6 Å². The third-order valence-electron chi connectivity index (χ3n) is 2.73. The lowest BCUT2D eigenvalue weighted by molar-refractivity contribution is -0.123. The van der Waals surface area contributed by atoms with Crippen LogP contribution >= 0.6 is 27.3 Å². The summed E-state index contributed by atoms with van der Waals surface area (Å²) >= 11 is 4.96. The minimum absolute atomic E-state index is 0.0598. The topological polar surface area (TPSA) is 50.7 Å².